The number of rotatable bonds is 12. The van der Waals surface area contributed by atoms with E-state index in [1.807, 2.05) is 6.92 Å². The molecule has 0 aliphatic heterocycles. The van der Waals surface area contributed by atoms with Gasteiger partial charge in [-0.05, 0) is 0 Å². The Hall–Kier alpha value is 0.00870. The number of allylic oxidation sites excluding steroid dienone is 1. The van der Waals surface area contributed by atoms with Crippen LogP contribution in [0.25, 0.3) is 0 Å². The predicted octanol–water partition coefficient (Wildman–Crippen LogP) is 6.27. The normalized spacial score (nSPS) is 14.0. The van der Waals surface area contributed by atoms with Crippen LogP contribution in [0.15, 0.2) is 9.67 Å². The van der Waals surface area contributed by atoms with Crippen LogP contribution in [-0.2, 0) is 9.53 Å². The Bertz CT molecular complexity index is 315. The van der Waals surface area contributed by atoms with Gasteiger partial charge in [-0.2, -0.15) is 0 Å². The second-order valence-corrected chi connectivity index (χ2v) is 20.6. The number of ether oxygens (including phenoxy) is 1. The first-order valence-corrected chi connectivity index (χ1v) is 16.8. The summed E-state index contributed by atoms with van der Waals surface area (Å²) in [5, 5.41) is 0. The Labute approximate surface area is 143 Å². The Morgan fingerprint density at radius 1 is 0.955 bits per heavy atom. The van der Waals surface area contributed by atoms with Gasteiger partial charge in [0.1, 0.15) is 0 Å². The molecule has 0 rings (SSSR count). The van der Waals surface area contributed by atoms with Crippen LogP contribution in [0.4, 0.5) is 0 Å². The van der Waals surface area contributed by atoms with Crippen molar-refractivity contribution in [2.24, 2.45) is 0 Å². The van der Waals surface area contributed by atoms with Crippen LogP contribution in [0.1, 0.15) is 80.1 Å². The minimum absolute atomic E-state index is 0.0709. The minimum atomic E-state index is -2.28. The van der Waals surface area contributed by atoms with E-state index in [0.717, 1.165) is 0 Å². The van der Waals surface area contributed by atoms with Crippen molar-refractivity contribution in [1.82, 2.24) is 0 Å². The second kappa shape index (κ2) is 12.4. The van der Waals surface area contributed by atoms with Gasteiger partial charge in [-0.1, -0.05) is 0 Å². The summed E-state index contributed by atoms with van der Waals surface area (Å²) in [6.07, 6.45) is 10.2. The number of hydrogen-bond acceptors (Lipinski definition) is 2. The molecular weight excluding hydrogens is 379 g/mol. The van der Waals surface area contributed by atoms with Gasteiger partial charge in [-0.15, -0.1) is 0 Å². The molecule has 0 aliphatic rings. The van der Waals surface area contributed by atoms with E-state index in [1.165, 1.54) is 58.8 Å². The Morgan fingerprint density at radius 2 is 1.36 bits per heavy atom. The Kier molecular flexibility index (Phi) is 12.4. The molecule has 0 heterocycles. The number of hydrogen-bond donors (Lipinski definition) is 0. The van der Waals surface area contributed by atoms with Crippen LogP contribution in [0.2, 0.25) is 13.3 Å². The molecule has 2 nitrogen and oxygen atoms in total. The van der Waals surface area contributed by atoms with Gasteiger partial charge in [-0.3, -0.25) is 0 Å². The maximum absolute atomic E-state index is 11.2. The zero-order valence-corrected chi connectivity index (χ0v) is 18.7. The second-order valence-electron chi connectivity index (χ2n) is 6.76. The SMILES string of the molecule is CCC[CH2][Sn]([CH2]CCC)([CH2]CCC)/[C](C)=C/C(C)OC(C)=O. The van der Waals surface area contributed by atoms with Crippen molar-refractivity contribution >= 4 is 24.3 Å². The fourth-order valence-electron chi connectivity index (χ4n) is 3.34. The molecule has 0 N–H and O–H groups in total. The molecule has 130 valence electrons. The summed E-state index contributed by atoms with van der Waals surface area (Å²) in [5.41, 5.74) is 0. The summed E-state index contributed by atoms with van der Waals surface area (Å²) in [4.78, 5) is 11.2. The Balaban J connectivity index is 5.25. The van der Waals surface area contributed by atoms with Crippen molar-refractivity contribution in [2.45, 2.75) is 99.5 Å². The molecular formula is C19H38O2Sn. The molecule has 0 fully saturated rings. The number of esters is 1. The molecule has 0 saturated heterocycles. The summed E-state index contributed by atoms with van der Waals surface area (Å²) in [7, 11) is 0. The summed E-state index contributed by atoms with van der Waals surface area (Å²) in [6.45, 7) is 12.8. The third kappa shape index (κ3) is 8.59. The molecule has 0 radical (unpaired) electrons. The molecule has 1 atom stereocenters. The molecule has 0 aromatic heterocycles. The molecule has 0 saturated carbocycles. The topological polar surface area (TPSA) is 26.3 Å². The van der Waals surface area contributed by atoms with Gasteiger partial charge in [0, 0.05) is 0 Å². The summed E-state index contributed by atoms with van der Waals surface area (Å²) < 4.78 is 11.4. The fourth-order valence-corrected chi connectivity index (χ4v) is 19.4. The number of carbonyl (C=O) groups excluding carboxylic acids is 1. The van der Waals surface area contributed by atoms with E-state index < -0.39 is 18.4 Å². The average Bonchev–Trinajstić information content (AvgIpc) is 2.45. The van der Waals surface area contributed by atoms with Crippen molar-refractivity contribution in [2.75, 3.05) is 0 Å². The first-order chi connectivity index (χ1) is 10.4. The molecule has 1 unspecified atom stereocenters. The van der Waals surface area contributed by atoms with Crippen LogP contribution in [0, 0.1) is 0 Å². The zero-order valence-electron chi connectivity index (χ0n) is 15.8. The molecule has 22 heavy (non-hydrogen) atoms. The van der Waals surface area contributed by atoms with E-state index in [4.69, 9.17) is 4.74 Å². The van der Waals surface area contributed by atoms with Crippen LogP contribution >= 0.6 is 0 Å². The molecule has 0 spiro atoms. The van der Waals surface area contributed by atoms with Gasteiger partial charge < -0.3 is 0 Å². The van der Waals surface area contributed by atoms with Crippen molar-refractivity contribution in [1.29, 1.82) is 0 Å². The van der Waals surface area contributed by atoms with E-state index in [9.17, 15) is 4.79 Å². The van der Waals surface area contributed by atoms with E-state index in [-0.39, 0.29) is 12.1 Å². The summed E-state index contributed by atoms with van der Waals surface area (Å²) in [6, 6.07) is 0. The van der Waals surface area contributed by atoms with Crippen molar-refractivity contribution in [3.63, 3.8) is 0 Å². The van der Waals surface area contributed by atoms with Crippen LogP contribution in [0.3, 0.4) is 0 Å². The number of carbonyl (C=O) groups is 1. The summed E-state index contributed by atoms with van der Waals surface area (Å²) in [5.74, 6) is -0.173. The van der Waals surface area contributed by atoms with Crippen molar-refractivity contribution in [3.05, 3.63) is 9.67 Å². The van der Waals surface area contributed by atoms with Gasteiger partial charge in [0.15, 0.2) is 0 Å². The standard InChI is InChI=1S/C7H11O2.3C4H9.Sn/c1-4-5-6(2)9-7(3)8;3*1-3-4-2;/h5-6H,1-3H3;3*1,3-4H2,2H3;. The van der Waals surface area contributed by atoms with Gasteiger partial charge in [-0.25, -0.2) is 0 Å². The maximum atomic E-state index is 11.2. The van der Waals surface area contributed by atoms with Crippen molar-refractivity contribution in [3.8, 4) is 0 Å². The predicted molar refractivity (Wildman–Crippen MR) is 99.9 cm³/mol. The van der Waals surface area contributed by atoms with E-state index in [1.54, 1.807) is 3.59 Å². The first kappa shape index (κ1) is 22.0. The zero-order chi connectivity index (χ0) is 17.0. The van der Waals surface area contributed by atoms with E-state index in [0.29, 0.717) is 0 Å². The average molecular weight is 417 g/mol. The van der Waals surface area contributed by atoms with Gasteiger partial charge >= 0.3 is 143 Å². The van der Waals surface area contributed by atoms with Gasteiger partial charge in [0.25, 0.3) is 0 Å². The third-order valence-electron chi connectivity index (χ3n) is 4.70. The van der Waals surface area contributed by atoms with Crippen LogP contribution in [-0.4, -0.2) is 30.5 Å². The number of unbranched alkanes of at least 4 members (excludes halogenated alkanes) is 3. The molecule has 0 aliphatic carbocycles. The molecule has 3 heteroatoms. The quantitative estimate of drug-likeness (QED) is 0.276. The molecule has 0 aromatic rings. The Morgan fingerprint density at radius 3 is 1.68 bits per heavy atom. The molecule has 0 aromatic carbocycles. The van der Waals surface area contributed by atoms with Crippen LogP contribution < -0.4 is 0 Å². The van der Waals surface area contributed by atoms with E-state index >= 15 is 0 Å². The monoisotopic (exact) mass is 418 g/mol. The van der Waals surface area contributed by atoms with Crippen molar-refractivity contribution < 1.29 is 9.53 Å². The third-order valence-corrected chi connectivity index (χ3v) is 21.2. The fraction of sp³-hybridized carbons (Fsp3) is 0.842. The first-order valence-electron chi connectivity index (χ1n) is 9.28. The van der Waals surface area contributed by atoms with Gasteiger partial charge in [0.05, 0.1) is 0 Å². The summed E-state index contributed by atoms with van der Waals surface area (Å²) >= 11 is -2.28. The van der Waals surface area contributed by atoms with E-state index in [2.05, 4.69) is 33.8 Å². The van der Waals surface area contributed by atoms with Gasteiger partial charge in [0.2, 0.25) is 0 Å². The van der Waals surface area contributed by atoms with Crippen LogP contribution in [0.5, 0.6) is 0 Å². The molecule has 0 bridgehead atoms. The molecule has 0 amide bonds.